The molecule has 0 aromatic heterocycles. The van der Waals surface area contributed by atoms with Gasteiger partial charge in [0.1, 0.15) is 11.9 Å². The van der Waals surface area contributed by atoms with Gasteiger partial charge >= 0.3 is 12.1 Å². The molecule has 1 saturated heterocycles. The van der Waals surface area contributed by atoms with Gasteiger partial charge in [-0.1, -0.05) is 55.5 Å². The molecule has 11 nitrogen and oxygen atoms in total. The van der Waals surface area contributed by atoms with Gasteiger partial charge in [0.15, 0.2) is 0 Å². The van der Waals surface area contributed by atoms with Gasteiger partial charge in [-0.2, -0.15) is 0 Å². The van der Waals surface area contributed by atoms with E-state index < -0.39 is 16.1 Å². The Morgan fingerprint density at radius 2 is 1.74 bits per heavy atom. The number of piperidine rings is 1. The van der Waals surface area contributed by atoms with E-state index in [2.05, 4.69) is 15.5 Å². The molecule has 0 bridgehead atoms. The first-order valence-electron chi connectivity index (χ1n) is 14.2. The number of hydrogen-bond donors (Lipinski definition) is 4. The van der Waals surface area contributed by atoms with E-state index in [4.69, 9.17) is 15.3 Å². The number of ether oxygens (including phenoxy) is 1. The van der Waals surface area contributed by atoms with Crippen LogP contribution in [0.4, 0.5) is 15.3 Å². The topological polar surface area (TPSA) is 158 Å². The molecule has 43 heavy (non-hydrogen) atoms. The third-order valence-electron chi connectivity index (χ3n) is 7.18. The van der Waals surface area contributed by atoms with Crippen molar-refractivity contribution in [1.82, 2.24) is 15.1 Å². The summed E-state index contributed by atoms with van der Waals surface area (Å²) < 4.78 is 29.5. The van der Waals surface area contributed by atoms with Crippen LogP contribution in [0.3, 0.4) is 0 Å². The molecule has 1 heterocycles. The molecule has 228 valence electrons. The number of nitrogens with two attached hydrogens (primary N) is 1. The van der Waals surface area contributed by atoms with E-state index in [1.54, 1.807) is 65.6 Å². The standard InChI is InChI=1S/C31H38N6O5S/c1-3-17-37(30(38)34-25-13-11-23(12-14-25)27-9-4-5-10-28(27)43(33,40)41)21-22-7-6-8-24(20-22)29(32)35-31(39)42-26-15-18-36(2)19-16-26/h4-14,20,26H,3,15-19,21H2,1-2H3,(H,34,38)(H2,32,35,39)(H2,33,40,41). The van der Waals surface area contributed by atoms with Crippen molar-refractivity contribution in [2.45, 2.75) is 43.7 Å². The summed E-state index contributed by atoms with van der Waals surface area (Å²) in [5.74, 6) is -0.0737. The number of nitrogens with zero attached hydrogens (tertiary/aromatic N) is 2. The lowest BCUT2D eigenvalue weighted by Gasteiger charge is -2.28. The van der Waals surface area contributed by atoms with Crippen LogP contribution in [0.2, 0.25) is 0 Å². The predicted molar refractivity (Wildman–Crippen MR) is 166 cm³/mol. The summed E-state index contributed by atoms with van der Waals surface area (Å²) in [6, 6.07) is 20.2. The van der Waals surface area contributed by atoms with E-state index in [1.165, 1.54) is 6.07 Å². The van der Waals surface area contributed by atoms with Crippen molar-refractivity contribution >= 4 is 33.7 Å². The Labute approximate surface area is 252 Å². The first-order valence-corrected chi connectivity index (χ1v) is 15.7. The maximum absolute atomic E-state index is 13.2. The molecule has 3 aromatic rings. The van der Waals surface area contributed by atoms with Gasteiger partial charge in [-0.15, -0.1) is 0 Å². The maximum atomic E-state index is 13.2. The third-order valence-corrected chi connectivity index (χ3v) is 8.15. The summed E-state index contributed by atoms with van der Waals surface area (Å²) in [7, 11) is -1.87. The van der Waals surface area contributed by atoms with Crippen LogP contribution < -0.4 is 15.8 Å². The summed E-state index contributed by atoms with van der Waals surface area (Å²) in [6.45, 7) is 4.49. The van der Waals surface area contributed by atoms with Crippen LogP contribution >= 0.6 is 0 Å². The summed E-state index contributed by atoms with van der Waals surface area (Å²) in [5, 5.41) is 19.2. The molecule has 3 amide bonds. The van der Waals surface area contributed by atoms with E-state index in [0.29, 0.717) is 35.5 Å². The zero-order valence-electron chi connectivity index (χ0n) is 24.4. The number of carbonyl (C=O) groups excluding carboxylic acids is 2. The summed E-state index contributed by atoms with van der Waals surface area (Å²) in [5.41, 5.74) is 2.98. The van der Waals surface area contributed by atoms with Crippen molar-refractivity contribution < 1.29 is 22.7 Å². The fourth-order valence-electron chi connectivity index (χ4n) is 4.91. The normalized spacial score (nSPS) is 14.1. The number of likely N-dealkylation sites (tertiary alicyclic amines) is 1. The smallest absolute Gasteiger partial charge is 0.413 e. The van der Waals surface area contributed by atoms with Gasteiger partial charge in [0.25, 0.3) is 0 Å². The summed E-state index contributed by atoms with van der Waals surface area (Å²) in [4.78, 5) is 29.5. The molecule has 1 aliphatic heterocycles. The fraction of sp³-hybridized carbons (Fsp3) is 0.323. The van der Waals surface area contributed by atoms with Gasteiger partial charge in [0, 0.05) is 43.0 Å². The Morgan fingerprint density at radius 1 is 1.05 bits per heavy atom. The molecule has 0 spiro atoms. The number of nitrogens with one attached hydrogen (secondary N) is 3. The largest absolute Gasteiger partial charge is 0.446 e. The summed E-state index contributed by atoms with van der Waals surface area (Å²) in [6.07, 6.45) is 1.45. The summed E-state index contributed by atoms with van der Waals surface area (Å²) >= 11 is 0. The predicted octanol–water partition coefficient (Wildman–Crippen LogP) is 4.59. The van der Waals surface area contributed by atoms with E-state index in [1.807, 2.05) is 20.0 Å². The second-order valence-electron chi connectivity index (χ2n) is 10.6. The second-order valence-corrected chi connectivity index (χ2v) is 12.1. The number of amides is 3. The van der Waals surface area contributed by atoms with Gasteiger partial charge < -0.3 is 19.9 Å². The van der Waals surface area contributed by atoms with Crippen molar-refractivity contribution in [3.8, 4) is 11.1 Å². The van der Waals surface area contributed by atoms with Crippen LogP contribution in [0.5, 0.6) is 0 Å². The van der Waals surface area contributed by atoms with E-state index in [-0.39, 0.29) is 22.9 Å². The van der Waals surface area contributed by atoms with E-state index >= 15 is 0 Å². The highest BCUT2D eigenvalue weighted by Gasteiger charge is 2.21. The van der Waals surface area contributed by atoms with Crippen molar-refractivity contribution in [3.63, 3.8) is 0 Å². The highest BCUT2D eigenvalue weighted by molar-refractivity contribution is 7.89. The number of primary sulfonamides is 1. The van der Waals surface area contributed by atoms with Crippen molar-refractivity contribution in [2.24, 2.45) is 5.14 Å². The van der Waals surface area contributed by atoms with Crippen molar-refractivity contribution in [3.05, 3.63) is 83.9 Å². The molecule has 1 fully saturated rings. The first kappa shape index (κ1) is 31.7. The number of anilines is 1. The molecule has 12 heteroatoms. The highest BCUT2D eigenvalue weighted by atomic mass is 32.2. The number of benzene rings is 3. The zero-order chi connectivity index (χ0) is 31.0. The Hall–Kier alpha value is -4.26. The van der Waals surface area contributed by atoms with Crippen LogP contribution in [0.1, 0.15) is 37.3 Å². The Balaban J connectivity index is 1.38. The average Bonchev–Trinajstić information content (AvgIpc) is 2.98. The average molecular weight is 607 g/mol. The molecule has 4 rings (SSSR count). The minimum atomic E-state index is -3.90. The first-order chi connectivity index (χ1) is 20.5. The van der Waals surface area contributed by atoms with Gasteiger partial charge in [-0.05, 0) is 61.7 Å². The fourth-order valence-corrected chi connectivity index (χ4v) is 5.68. The number of urea groups is 1. The van der Waals surface area contributed by atoms with Gasteiger partial charge in [0.2, 0.25) is 10.0 Å². The Bertz CT molecular complexity index is 1550. The van der Waals surface area contributed by atoms with Crippen molar-refractivity contribution in [2.75, 3.05) is 32.0 Å². The van der Waals surface area contributed by atoms with E-state index in [9.17, 15) is 18.0 Å². The lowest BCUT2D eigenvalue weighted by Crippen LogP contribution is -2.39. The molecule has 0 unspecified atom stereocenters. The number of hydrogen-bond acceptors (Lipinski definition) is 7. The molecule has 0 radical (unpaired) electrons. The Kier molecular flexibility index (Phi) is 10.5. The molecule has 0 aliphatic carbocycles. The highest BCUT2D eigenvalue weighted by Crippen LogP contribution is 2.27. The monoisotopic (exact) mass is 606 g/mol. The lowest BCUT2D eigenvalue weighted by molar-refractivity contribution is 0.0602. The molecule has 5 N–H and O–H groups in total. The van der Waals surface area contributed by atoms with Crippen LogP contribution in [-0.2, 0) is 21.3 Å². The van der Waals surface area contributed by atoms with Crippen LogP contribution in [0, 0.1) is 5.41 Å². The number of sulfonamides is 1. The van der Waals surface area contributed by atoms with E-state index in [0.717, 1.165) is 37.9 Å². The van der Waals surface area contributed by atoms with Gasteiger partial charge in [-0.25, -0.2) is 23.1 Å². The van der Waals surface area contributed by atoms with Crippen molar-refractivity contribution in [1.29, 1.82) is 5.41 Å². The molecule has 0 saturated carbocycles. The zero-order valence-corrected chi connectivity index (χ0v) is 25.2. The lowest BCUT2D eigenvalue weighted by atomic mass is 10.1. The SMILES string of the molecule is CCCN(Cc1cccc(C(=N)NC(=O)OC2CCN(C)CC2)c1)C(=O)Nc1ccc(-c2ccccc2S(N)(=O)=O)cc1. The second kappa shape index (κ2) is 14.3. The molecule has 0 atom stereocenters. The third kappa shape index (κ3) is 8.87. The minimum absolute atomic E-state index is 0.0283. The van der Waals surface area contributed by atoms with Crippen LogP contribution in [0.15, 0.2) is 77.7 Å². The van der Waals surface area contributed by atoms with Gasteiger partial charge in [-0.3, -0.25) is 10.7 Å². The number of rotatable bonds is 9. The number of amidine groups is 1. The van der Waals surface area contributed by atoms with Crippen LogP contribution in [-0.4, -0.2) is 69.0 Å². The Morgan fingerprint density at radius 3 is 2.42 bits per heavy atom. The number of alkyl carbamates (subject to hydrolysis) is 1. The van der Waals surface area contributed by atoms with Gasteiger partial charge in [0.05, 0.1) is 4.90 Å². The quantitative estimate of drug-likeness (QED) is 0.206. The molecule has 3 aromatic carbocycles. The molecule has 1 aliphatic rings. The maximum Gasteiger partial charge on any atom is 0.413 e. The molecular formula is C31H38N6O5S. The minimum Gasteiger partial charge on any atom is -0.446 e. The number of carbonyl (C=O) groups is 2. The molecular weight excluding hydrogens is 568 g/mol. The van der Waals surface area contributed by atoms with Crippen LogP contribution in [0.25, 0.3) is 11.1 Å².